The van der Waals surface area contributed by atoms with E-state index >= 15 is 0 Å². The van der Waals surface area contributed by atoms with Crippen molar-refractivity contribution in [1.29, 1.82) is 0 Å². The van der Waals surface area contributed by atoms with E-state index < -0.39 is 0 Å². The van der Waals surface area contributed by atoms with E-state index in [-0.39, 0.29) is 6.04 Å². The summed E-state index contributed by atoms with van der Waals surface area (Å²) in [6.07, 6.45) is 4.56. The van der Waals surface area contributed by atoms with Gasteiger partial charge in [0.2, 0.25) is 0 Å². The number of aromatic nitrogens is 2. The monoisotopic (exact) mass is 284 g/mol. The molecule has 0 aliphatic carbocycles. The fourth-order valence-electron chi connectivity index (χ4n) is 2.23. The van der Waals surface area contributed by atoms with E-state index in [9.17, 15) is 0 Å². The number of rotatable bonds is 4. The van der Waals surface area contributed by atoms with Crippen LogP contribution in [0.15, 0.2) is 42.0 Å². The van der Waals surface area contributed by atoms with Gasteiger partial charge in [-0.05, 0) is 30.7 Å². The Morgan fingerprint density at radius 2 is 2.15 bits per heavy atom. The number of nitrogens with two attached hydrogens (primary N) is 1. The van der Waals surface area contributed by atoms with Crippen LogP contribution in [0.2, 0.25) is 0 Å². The normalized spacial score (nSPS) is 12.4. The summed E-state index contributed by atoms with van der Waals surface area (Å²) in [4.78, 5) is 8.69. The van der Waals surface area contributed by atoms with Gasteiger partial charge >= 0.3 is 0 Å². The standard InChI is InChI=1S/C15H16N4S/c1-2-11(15-18-8-9-20-15)19-13-6-5-12-10(14(13)16)4-3-7-17-12/h3-9,11,19H,2,16H2,1H3. The molecule has 0 radical (unpaired) electrons. The number of fused-ring (bicyclic) bond motifs is 1. The fraction of sp³-hybridized carbons (Fsp3) is 0.200. The van der Waals surface area contributed by atoms with Crippen LogP contribution in [-0.2, 0) is 0 Å². The highest BCUT2D eigenvalue weighted by Crippen LogP contribution is 2.31. The lowest BCUT2D eigenvalue weighted by molar-refractivity contribution is 0.743. The van der Waals surface area contributed by atoms with Crippen molar-refractivity contribution >= 4 is 33.6 Å². The van der Waals surface area contributed by atoms with Gasteiger partial charge in [0.15, 0.2) is 0 Å². The summed E-state index contributed by atoms with van der Waals surface area (Å²) >= 11 is 1.66. The third-order valence-electron chi connectivity index (χ3n) is 3.31. The highest BCUT2D eigenvalue weighted by atomic mass is 32.1. The Bertz CT molecular complexity index is 709. The molecule has 20 heavy (non-hydrogen) atoms. The molecule has 0 bridgehead atoms. The summed E-state index contributed by atoms with van der Waals surface area (Å²) in [5.41, 5.74) is 8.85. The number of pyridine rings is 1. The van der Waals surface area contributed by atoms with Gasteiger partial charge in [0.1, 0.15) is 5.01 Å². The van der Waals surface area contributed by atoms with Crippen LogP contribution in [0.5, 0.6) is 0 Å². The highest BCUT2D eigenvalue weighted by Gasteiger charge is 2.14. The quantitative estimate of drug-likeness (QED) is 0.715. The number of hydrogen-bond donors (Lipinski definition) is 2. The second-order valence-corrected chi connectivity index (χ2v) is 5.50. The van der Waals surface area contributed by atoms with Crippen molar-refractivity contribution in [2.45, 2.75) is 19.4 Å². The maximum atomic E-state index is 6.26. The van der Waals surface area contributed by atoms with Crippen LogP contribution in [0.25, 0.3) is 10.9 Å². The summed E-state index contributed by atoms with van der Waals surface area (Å²) in [5.74, 6) is 0. The van der Waals surface area contributed by atoms with E-state index in [0.717, 1.165) is 33.7 Å². The van der Waals surface area contributed by atoms with Gasteiger partial charge in [-0.15, -0.1) is 11.3 Å². The lowest BCUT2D eigenvalue weighted by Crippen LogP contribution is -2.11. The van der Waals surface area contributed by atoms with Crippen molar-refractivity contribution in [3.8, 4) is 0 Å². The first-order chi connectivity index (χ1) is 9.79. The van der Waals surface area contributed by atoms with Crippen molar-refractivity contribution in [1.82, 2.24) is 9.97 Å². The third kappa shape index (κ3) is 2.32. The Morgan fingerprint density at radius 1 is 1.25 bits per heavy atom. The molecule has 1 atom stereocenters. The minimum Gasteiger partial charge on any atom is -0.397 e. The van der Waals surface area contributed by atoms with Gasteiger partial charge in [0.25, 0.3) is 0 Å². The molecule has 0 saturated heterocycles. The van der Waals surface area contributed by atoms with Crippen LogP contribution in [0.4, 0.5) is 11.4 Å². The number of benzene rings is 1. The average molecular weight is 284 g/mol. The molecule has 0 aliphatic heterocycles. The summed E-state index contributed by atoms with van der Waals surface area (Å²) in [5, 5.41) is 7.54. The summed E-state index contributed by atoms with van der Waals surface area (Å²) in [7, 11) is 0. The van der Waals surface area contributed by atoms with Crippen LogP contribution in [0.1, 0.15) is 24.4 Å². The zero-order valence-electron chi connectivity index (χ0n) is 11.2. The molecule has 2 heterocycles. The second-order valence-electron chi connectivity index (χ2n) is 4.57. The first-order valence-electron chi connectivity index (χ1n) is 6.58. The van der Waals surface area contributed by atoms with E-state index in [4.69, 9.17) is 5.73 Å². The van der Waals surface area contributed by atoms with Crippen LogP contribution in [-0.4, -0.2) is 9.97 Å². The summed E-state index contributed by atoms with van der Waals surface area (Å²) < 4.78 is 0. The molecule has 0 amide bonds. The van der Waals surface area contributed by atoms with Gasteiger partial charge in [0, 0.05) is 23.2 Å². The van der Waals surface area contributed by atoms with E-state index in [1.54, 1.807) is 17.5 Å². The van der Waals surface area contributed by atoms with Gasteiger partial charge in [-0.25, -0.2) is 4.98 Å². The molecule has 2 aromatic heterocycles. The number of nitrogen functional groups attached to an aromatic ring is 1. The Balaban J connectivity index is 1.96. The molecule has 3 N–H and O–H groups in total. The lowest BCUT2D eigenvalue weighted by Gasteiger charge is -2.18. The Morgan fingerprint density at radius 3 is 2.90 bits per heavy atom. The molecule has 5 heteroatoms. The molecule has 0 fully saturated rings. The predicted molar refractivity (Wildman–Crippen MR) is 84.9 cm³/mol. The fourth-order valence-corrected chi connectivity index (χ4v) is 3.01. The molecular weight excluding hydrogens is 268 g/mol. The molecule has 0 saturated carbocycles. The van der Waals surface area contributed by atoms with Gasteiger partial charge in [-0.1, -0.05) is 6.92 Å². The number of hydrogen-bond acceptors (Lipinski definition) is 5. The molecule has 0 aliphatic rings. The molecule has 0 spiro atoms. The predicted octanol–water partition coefficient (Wildman–Crippen LogP) is 3.84. The van der Waals surface area contributed by atoms with Crippen molar-refractivity contribution in [2.75, 3.05) is 11.1 Å². The van der Waals surface area contributed by atoms with Crippen LogP contribution in [0, 0.1) is 0 Å². The molecule has 3 aromatic rings. The second kappa shape index (κ2) is 5.46. The average Bonchev–Trinajstić information content (AvgIpc) is 3.01. The van der Waals surface area contributed by atoms with E-state index in [1.807, 2.05) is 35.8 Å². The van der Waals surface area contributed by atoms with E-state index in [1.165, 1.54) is 0 Å². The SMILES string of the molecule is CCC(Nc1ccc2ncccc2c1N)c1nccs1. The number of thiazole rings is 1. The van der Waals surface area contributed by atoms with Gasteiger partial charge in [-0.3, -0.25) is 4.98 Å². The number of nitrogens with zero attached hydrogens (tertiary/aromatic N) is 2. The van der Waals surface area contributed by atoms with Gasteiger partial charge in [0.05, 0.1) is 22.9 Å². The molecule has 102 valence electrons. The maximum absolute atomic E-state index is 6.26. The smallest absolute Gasteiger partial charge is 0.115 e. The maximum Gasteiger partial charge on any atom is 0.115 e. The van der Waals surface area contributed by atoms with Crippen LogP contribution < -0.4 is 11.1 Å². The van der Waals surface area contributed by atoms with E-state index in [0.29, 0.717) is 0 Å². The van der Waals surface area contributed by atoms with Crippen molar-refractivity contribution in [3.05, 3.63) is 47.0 Å². The molecule has 1 unspecified atom stereocenters. The van der Waals surface area contributed by atoms with Crippen molar-refractivity contribution in [2.24, 2.45) is 0 Å². The Kier molecular flexibility index (Phi) is 3.52. The molecular formula is C15H16N4S. The Hall–Kier alpha value is -2.14. The molecule has 1 aromatic carbocycles. The molecule has 4 nitrogen and oxygen atoms in total. The first-order valence-corrected chi connectivity index (χ1v) is 7.46. The van der Waals surface area contributed by atoms with Crippen LogP contribution >= 0.6 is 11.3 Å². The van der Waals surface area contributed by atoms with Gasteiger partial charge in [-0.2, -0.15) is 0 Å². The minimum absolute atomic E-state index is 0.187. The summed E-state index contributed by atoms with van der Waals surface area (Å²) in [6.45, 7) is 2.14. The van der Waals surface area contributed by atoms with Crippen molar-refractivity contribution in [3.63, 3.8) is 0 Å². The first kappa shape index (κ1) is 12.9. The molecule has 3 rings (SSSR count). The van der Waals surface area contributed by atoms with Crippen molar-refractivity contribution < 1.29 is 0 Å². The number of anilines is 2. The van der Waals surface area contributed by atoms with Crippen LogP contribution in [0.3, 0.4) is 0 Å². The van der Waals surface area contributed by atoms with E-state index in [2.05, 4.69) is 22.2 Å². The highest BCUT2D eigenvalue weighted by molar-refractivity contribution is 7.09. The zero-order valence-corrected chi connectivity index (χ0v) is 12.0. The number of nitrogens with one attached hydrogen (secondary N) is 1. The summed E-state index contributed by atoms with van der Waals surface area (Å²) in [6, 6.07) is 8.06. The zero-order chi connectivity index (χ0) is 13.9. The third-order valence-corrected chi connectivity index (χ3v) is 4.20. The largest absolute Gasteiger partial charge is 0.397 e. The minimum atomic E-state index is 0.187. The Labute approximate surface area is 121 Å². The topological polar surface area (TPSA) is 63.8 Å². The van der Waals surface area contributed by atoms with Gasteiger partial charge < -0.3 is 11.1 Å². The lowest BCUT2D eigenvalue weighted by atomic mass is 10.1.